The molecule has 4 aromatic carbocycles. The van der Waals surface area contributed by atoms with Crippen molar-refractivity contribution in [3.05, 3.63) is 124 Å². The molecular formula is C31H28N2O3S. The van der Waals surface area contributed by atoms with Crippen molar-refractivity contribution in [2.45, 2.75) is 36.7 Å². The quantitative estimate of drug-likeness (QED) is 0.337. The molecule has 0 fully saturated rings. The highest BCUT2D eigenvalue weighted by atomic mass is 32.2. The van der Waals surface area contributed by atoms with E-state index >= 15 is 0 Å². The van der Waals surface area contributed by atoms with Crippen molar-refractivity contribution in [2.24, 2.45) is 0 Å². The number of hydrogen-bond donors (Lipinski definition) is 0. The highest BCUT2D eigenvalue weighted by molar-refractivity contribution is 7.85. The summed E-state index contributed by atoms with van der Waals surface area (Å²) in [6.07, 6.45) is 0. The summed E-state index contributed by atoms with van der Waals surface area (Å²) in [5.74, 6) is -0.399. The van der Waals surface area contributed by atoms with Crippen LogP contribution in [0.1, 0.15) is 43.0 Å². The van der Waals surface area contributed by atoms with Gasteiger partial charge in [0, 0.05) is 19.2 Å². The topological polar surface area (TPSA) is 57.7 Å². The SMILES string of the molecule is Cc1ccc(C)c(CN2C(=O)c3ccccc3[S@](=O)c3ccc(C(=O)N(C)Cc4ccccc4)cc32)c1. The third kappa shape index (κ3) is 4.85. The van der Waals surface area contributed by atoms with Gasteiger partial charge in [0.15, 0.2) is 0 Å². The van der Waals surface area contributed by atoms with Crippen molar-refractivity contribution in [2.75, 3.05) is 11.9 Å². The molecule has 37 heavy (non-hydrogen) atoms. The molecule has 0 aliphatic carbocycles. The monoisotopic (exact) mass is 508 g/mol. The van der Waals surface area contributed by atoms with Crippen LogP contribution < -0.4 is 4.90 Å². The molecule has 0 saturated heterocycles. The number of fused-ring (bicyclic) bond motifs is 2. The van der Waals surface area contributed by atoms with E-state index in [-0.39, 0.29) is 11.8 Å². The lowest BCUT2D eigenvalue weighted by atomic mass is 10.0. The van der Waals surface area contributed by atoms with Gasteiger partial charge in [-0.3, -0.25) is 9.59 Å². The van der Waals surface area contributed by atoms with E-state index in [2.05, 4.69) is 6.07 Å². The average molecular weight is 509 g/mol. The van der Waals surface area contributed by atoms with Crippen LogP contribution >= 0.6 is 0 Å². The summed E-state index contributed by atoms with van der Waals surface area (Å²) in [6.45, 7) is 4.80. The fourth-order valence-electron chi connectivity index (χ4n) is 4.64. The molecule has 0 radical (unpaired) electrons. The molecule has 6 heteroatoms. The number of benzene rings is 4. The highest BCUT2D eigenvalue weighted by Crippen LogP contribution is 2.36. The van der Waals surface area contributed by atoms with E-state index in [9.17, 15) is 13.8 Å². The van der Waals surface area contributed by atoms with E-state index in [0.717, 1.165) is 22.3 Å². The Labute approximate surface area is 219 Å². The molecule has 1 aliphatic rings. The average Bonchev–Trinajstić information content (AvgIpc) is 3.00. The van der Waals surface area contributed by atoms with E-state index in [1.54, 1.807) is 59.3 Å². The maximum atomic E-state index is 13.9. The fourth-order valence-corrected chi connectivity index (χ4v) is 5.99. The molecule has 5 nitrogen and oxygen atoms in total. The van der Waals surface area contributed by atoms with Crippen LogP contribution in [0, 0.1) is 13.8 Å². The predicted molar refractivity (Wildman–Crippen MR) is 146 cm³/mol. The number of amides is 2. The normalized spacial score (nSPS) is 14.5. The van der Waals surface area contributed by atoms with Gasteiger partial charge < -0.3 is 9.80 Å². The van der Waals surface area contributed by atoms with Gasteiger partial charge in [-0.2, -0.15) is 0 Å². The molecular weight excluding hydrogens is 480 g/mol. The van der Waals surface area contributed by atoms with Gasteiger partial charge in [0.05, 0.1) is 38.4 Å². The first-order valence-electron chi connectivity index (χ1n) is 12.2. The first kappa shape index (κ1) is 24.7. The smallest absolute Gasteiger partial charge is 0.259 e. The number of rotatable bonds is 5. The van der Waals surface area contributed by atoms with Crippen LogP contribution in [0.4, 0.5) is 5.69 Å². The zero-order chi connectivity index (χ0) is 26.1. The summed E-state index contributed by atoms with van der Waals surface area (Å²) in [7, 11) is 0.190. The fraction of sp³-hybridized carbons (Fsp3) is 0.161. The van der Waals surface area contributed by atoms with Gasteiger partial charge in [0.25, 0.3) is 11.8 Å². The summed E-state index contributed by atoms with van der Waals surface area (Å²) in [5.41, 5.74) is 5.54. The Morgan fingerprint density at radius 2 is 1.59 bits per heavy atom. The van der Waals surface area contributed by atoms with Gasteiger partial charge >= 0.3 is 0 Å². The summed E-state index contributed by atoms with van der Waals surface area (Å²) in [5, 5.41) is 0. The van der Waals surface area contributed by atoms with E-state index in [1.165, 1.54) is 0 Å². The summed E-state index contributed by atoms with van der Waals surface area (Å²) < 4.78 is 13.7. The van der Waals surface area contributed by atoms with Crippen molar-refractivity contribution in [1.29, 1.82) is 0 Å². The minimum Gasteiger partial charge on any atom is -0.337 e. The largest absolute Gasteiger partial charge is 0.337 e. The Morgan fingerprint density at radius 3 is 2.38 bits per heavy atom. The van der Waals surface area contributed by atoms with E-state index in [0.29, 0.717) is 39.7 Å². The van der Waals surface area contributed by atoms with Crippen LogP contribution in [0.3, 0.4) is 0 Å². The van der Waals surface area contributed by atoms with E-state index in [4.69, 9.17) is 0 Å². The molecule has 0 saturated carbocycles. The van der Waals surface area contributed by atoms with Crippen molar-refractivity contribution in [3.8, 4) is 0 Å². The minimum atomic E-state index is -1.57. The standard InChI is InChI=1S/C31H28N2O3S/c1-21-13-14-22(2)25(17-21)20-33-27-18-24(30(34)32(3)19-23-9-5-4-6-10-23)15-16-29(27)37(36)28-12-8-7-11-26(28)31(33)35/h4-18H,19-20H2,1-3H3/t37-/m0/s1. The van der Waals surface area contributed by atoms with Gasteiger partial charge in [0.2, 0.25) is 0 Å². The number of nitrogens with zero attached hydrogens (tertiary/aromatic N) is 2. The van der Waals surface area contributed by atoms with Gasteiger partial charge in [-0.1, -0.05) is 66.2 Å². The second-order valence-corrected chi connectivity index (χ2v) is 10.8. The lowest BCUT2D eigenvalue weighted by molar-refractivity contribution is 0.0784. The molecule has 0 N–H and O–H groups in total. The Balaban J connectivity index is 1.59. The zero-order valence-electron chi connectivity index (χ0n) is 21.1. The molecule has 0 spiro atoms. The summed E-state index contributed by atoms with van der Waals surface area (Å²) in [6, 6.07) is 28.1. The van der Waals surface area contributed by atoms with Crippen molar-refractivity contribution in [1.82, 2.24) is 4.90 Å². The highest BCUT2D eigenvalue weighted by Gasteiger charge is 2.32. The molecule has 1 atom stereocenters. The minimum absolute atomic E-state index is 0.168. The molecule has 0 aromatic heterocycles. The molecule has 1 aliphatic heterocycles. The number of carbonyl (C=O) groups is 2. The van der Waals surface area contributed by atoms with Gasteiger partial charge in [-0.15, -0.1) is 0 Å². The van der Waals surface area contributed by atoms with Crippen LogP contribution in [-0.4, -0.2) is 28.0 Å². The lowest BCUT2D eigenvalue weighted by Gasteiger charge is -2.25. The molecule has 5 rings (SSSR count). The van der Waals surface area contributed by atoms with Crippen LogP contribution in [0.2, 0.25) is 0 Å². The molecule has 4 aromatic rings. The Bertz CT molecular complexity index is 1530. The third-order valence-electron chi connectivity index (χ3n) is 6.70. The molecule has 2 amide bonds. The van der Waals surface area contributed by atoms with Crippen LogP contribution in [0.25, 0.3) is 0 Å². The Hall–Kier alpha value is -4.03. The lowest BCUT2D eigenvalue weighted by Crippen LogP contribution is -2.31. The van der Waals surface area contributed by atoms with Gasteiger partial charge in [-0.05, 0) is 60.9 Å². The third-order valence-corrected chi connectivity index (χ3v) is 8.20. The first-order valence-corrected chi connectivity index (χ1v) is 13.3. The Morgan fingerprint density at radius 1 is 0.865 bits per heavy atom. The Kier molecular flexibility index (Phi) is 6.76. The van der Waals surface area contributed by atoms with Crippen molar-refractivity contribution in [3.63, 3.8) is 0 Å². The summed E-state index contributed by atoms with van der Waals surface area (Å²) >= 11 is 0. The predicted octanol–water partition coefficient (Wildman–Crippen LogP) is 5.90. The van der Waals surface area contributed by atoms with Crippen LogP contribution in [0.15, 0.2) is 101 Å². The molecule has 0 bridgehead atoms. The second kappa shape index (κ2) is 10.1. The maximum Gasteiger partial charge on any atom is 0.259 e. The molecule has 186 valence electrons. The first-order chi connectivity index (χ1) is 17.8. The number of carbonyl (C=O) groups excluding carboxylic acids is 2. The van der Waals surface area contributed by atoms with E-state index in [1.807, 2.05) is 56.3 Å². The van der Waals surface area contributed by atoms with Crippen LogP contribution in [-0.2, 0) is 23.9 Å². The van der Waals surface area contributed by atoms with Crippen molar-refractivity contribution >= 4 is 28.3 Å². The van der Waals surface area contributed by atoms with Gasteiger partial charge in [0.1, 0.15) is 0 Å². The number of aryl methyl sites for hydroxylation is 2. The number of anilines is 1. The molecule has 0 unspecified atom stereocenters. The van der Waals surface area contributed by atoms with Crippen LogP contribution in [0.5, 0.6) is 0 Å². The van der Waals surface area contributed by atoms with Gasteiger partial charge in [-0.25, -0.2) is 4.21 Å². The maximum absolute atomic E-state index is 13.9. The molecule has 1 heterocycles. The number of hydrogen-bond acceptors (Lipinski definition) is 3. The summed E-state index contributed by atoms with van der Waals surface area (Å²) in [4.78, 5) is 31.6. The van der Waals surface area contributed by atoms with E-state index < -0.39 is 10.8 Å². The second-order valence-electron chi connectivity index (χ2n) is 9.42. The zero-order valence-corrected chi connectivity index (χ0v) is 21.9. The van der Waals surface area contributed by atoms with Crippen molar-refractivity contribution < 1.29 is 13.8 Å².